The number of carbonyl (C=O) groups is 1. The topological polar surface area (TPSA) is 192 Å². The summed E-state index contributed by atoms with van der Waals surface area (Å²) in [7, 11) is -5.08. The Morgan fingerprint density at radius 2 is 1.11 bits per heavy atom. The standard InChI is InChI=1S/C44H85NO11S/c1-3-5-7-9-11-13-15-17-19-20-21-23-25-27-29-31-33-38(47)37(36-54-44-42(50)43(56-57(51,52)53)41(49)39(35-46)55-44)45-40(48)34-32-30-28-26-24-22-18-16-14-12-10-8-6-4-2/h31,33,37-39,41-44,46-47,49-50H,3-30,32,34-36H2,1-2H3,(H,45,48)(H,51,52,53)/b33-31+. The Kier molecular flexibility index (Phi) is 33.6. The molecule has 1 saturated heterocycles. The molecule has 12 nitrogen and oxygen atoms in total. The highest BCUT2D eigenvalue weighted by Crippen LogP contribution is 2.26. The minimum atomic E-state index is -5.08. The van der Waals surface area contributed by atoms with E-state index in [1.807, 2.05) is 6.08 Å². The molecule has 0 aromatic carbocycles. The van der Waals surface area contributed by atoms with E-state index >= 15 is 0 Å². The molecule has 1 amide bonds. The van der Waals surface area contributed by atoms with E-state index in [1.54, 1.807) is 6.08 Å². The second-order valence-corrected chi connectivity index (χ2v) is 17.4. The van der Waals surface area contributed by atoms with Crippen molar-refractivity contribution in [1.82, 2.24) is 5.32 Å². The first kappa shape index (κ1) is 53.9. The molecule has 1 rings (SSSR count). The molecule has 6 N–H and O–H groups in total. The first-order valence-electron chi connectivity index (χ1n) is 23.1. The van der Waals surface area contributed by atoms with E-state index in [0.717, 1.165) is 38.5 Å². The van der Waals surface area contributed by atoms with Crippen LogP contribution in [0.2, 0.25) is 0 Å². The molecule has 1 heterocycles. The average Bonchev–Trinajstić information content (AvgIpc) is 3.18. The molecule has 0 radical (unpaired) electrons. The molecule has 0 saturated carbocycles. The smallest absolute Gasteiger partial charge is 0.394 e. The van der Waals surface area contributed by atoms with Crippen molar-refractivity contribution < 1.29 is 51.8 Å². The Morgan fingerprint density at radius 1 is 0.684 bits per heavy atom. The minimum Gasteiger partial charge on any atom is -0.394 e. The summed E-state index contributed by atoms with van der Waals surface area (Å²) in [5.74, 6) is -0.261. The van der Waals surface area contributed by atoms with E-state index in [0.29, 0.717) is 6.42 Å². The number of unbranched alkanes of at least 4 members (excludes halogenated alkanes) is 27. The van der Waals surface area contributed by atoms with Crippen molar-refractivity contribution in [2.24, 2.45) is 0 Å². The molecule has 338 valence electrons. The fraction of sp³-hybridized carbons (Fsp3) is 0.932. The number of aliphatic hydroxyl groups is 4. The van der Waals surface area contributed by atoms with Crippen LogP contribution in [0.1, 0.15) is 206 Å². The highest BCUT2D eigenvalue weighted by atomic mass is 32.3. The van der Waals surface area contributed by atoms with Gasteiger partial charge in [0, 0.05) is 6.42 Å². The van der Waals surface area contributed by atoms with Gasteiger partial charge >= 0.3 is 10.4 Å². The van der Waals surface area contributed by atoms with Gasteiger partial charge in [-0.15, -0.1) is 0 Å². The van der Waals surface area contributed by atoms with E-state index in [2.05, 4.69) is 23.3 Å². The van der Waals surface area contributed by atoms with Gasteiger partial charge in [0.2, 0.25) is 5.91 Å². The number of allylic oxidation sites excluding steroid dienone is 1. The number of aliphatic hydroxyl groups excluding tert-OH is 4. The summed E-state index contributed by atoms with van der Waals surface area (Å²) in [5.41, 5.74) is 0. The van der Waals surface area contributed by atoms with Gasteiger partial charge in [-0.25, -0.2) is 4.18 Å². The Morgan fingerprint density at radius 3 is 1.53 bits per heavy atom. The fourth-order valence-electron chi connectivity index (χ4n) is 7.45. The summed E-state index contributed by atoms with van der Waals surface area (Å²) in [6, 6.07) is -0.937. The zero-order valence-corrected chi connectivity index (χ0v) is 36.7. The van der Waals surface area contributed by atoms with Gasteiger partial charge in [-0.3, -0.25) is 9.35 Å². The summed E-state index contributed by atoms with van der Waals surface area (Å²) in [6.07, 6.45) is 29.6. The number of carbonyl (C=O) groups excluding carboxylic acids is 1. The van der Waals surface area contributed by atoms with Crippen molar-refractivity contribution in [3.8, 4) is 0 Å². The van der Waals surface area contributed by atoms with E-state index in [1.165, 1.54) is 141 Å². The number of hydrogen-bond acceptors (Lipinski definition) is 10. The summed E-state index contributed by atoms with van der Waals surface area (Å²) < 4.78 is 47.6. The molecule has 1 fully saturated rings. The third-order valence-electron chi connectivity index (χ3n) is 11.1. The molecule has 0 aromatic heterocycles. The SMILES string of the molecule is CCCCCCCCCCCCCCCC/C=C/C(O)C(COC1OC(CO)C(O)C(OS(=O)(=O)O)C1O)NC(=O)CCCCCCCCCCCCCCCC. The van der Waals surface area contributed by atoms with Crippen molar-refractivity contribution in [2.75, 3.05) is 13.2 Å². The van der Waals surface area contributed by atoms with Crippen LogP contribution >= 0.6 is 0 Å². The molecule has 1 aliphatic heterocycles. The molecular formula is C44H85NO11S. The highest BCUT2D eigenvalue weighted by molar-refractivity contribution is 7.80. The number of amides is 1. The van der Waals surface area contributed by atoms with Crippen molar-refractivity contribution >= 4 is 16.3 Å². The highest BCUT2D eigenvalue weighted by Gasteiger charge is 2.48. The predicted molar refractivity (Wildman–Crippen MR) is 227 cm³/mol. The van der Waals surface area contributed by atoms with Crippen molar-refractivity contribution in [3.63, 3.8) is 0 Å². The van der Waals surface area contributed by atoms with Crippen LogP contribution in [-0.2, 0) is 28.9 Å². The third kappa shape index (κ3) is 28.9. The number of ether oxygens (including phenoxy) is 2. The van der Waals surface area contributed by atoms with Crippen molar-refractivity contribution in [3.05, 3.63) is 12.2 Å². The van der Waals surface area contributed by atoms with Gasteiger partial charge in [0.25, 0.3) is 0 Å². The lowest BCUT2D eigenvalue weighted by molar-refractivity contribution is -0.298. The lowest BCUT2D eigenvalue weighted by atomic mass is 9.99. The molecular weight excluding hydrogens is 751 g/mol. The monoisotopic (exact) mass is 836 g/mol. The Bertz CT molecular complexity index is 1080. The molecule has 1 aliphatic rings. The van der Waals surface area contributed by atoms with Gasteiger partial charge in [-0.1, -0.05) is 193 Å². The van der Waals surface area contributed by atoms with Crippen molar-refractivity contribution in [2.45, 2.75) is 249 Å². The second-order valence-electron chi connectivity index (χ2n) is 16.4. The van der Waals surface area contributed by atoms with Gasteiger partial charge in [-0.2, -0.15) is 8.42 Å². The van der Waals surface area contributed by atoms with Crippen LogP contribution in [0, 0.1) is 0 Å². The van der Waals surface area contributed by atoms with Crippen LogP contribution in [0.5, 0.6) is 0 Å². The normalized spacial score (nSPS) is 21.3. The number of rotatable bonds is 39. The van der Waals surface area contributed by atoms with Crippen LogP contribution in [-0.4, -0.2) is 95.4 Å². The quantitative estimate of drug-likeness (QED) is 0.0197. The molecule has 7 unspecified atom stereocenters. The van der Waals surface area contributed by atoms with Gasteiger partial charge in [0.05, 0.1) is 25.4 Å². The van der Waals surface area contributed by atoms with E-state index in [4.69, 9.17) is 9.47 Å². The van der Waals surface area contributed by atoms with Gasteiger partial charge in [-0.05, 0) is 19.3 Å². The van der Waals surface area contributed by atoms with Crippen LogP contribution in [0.25, 0.3) is 0 Å². The van der Waals surface area contributed by atoms with Crippen LogP contribution < -0.4 is 5.32 Å². The van der Waals surface area contributed by atoms with E-state index < -0.39 is 59.9 Å². The van der Waals surface area contributed by atoms with Crippen molar-refractivity contribution in [1.29, 1.82) is 0 Å². The first-order chi connectivity index (χ1) is 27.5. The maximum absolute atomic E-state index is 13.0. The van der Waals surface area contributed by atoms with Crippen LogP contribution in [0.4, 0.5) is 0 Å². The molecule has 13 heteroatoms. The molecule has 0 bridgehead atoms. The maximum Gasteiger partial charge on any atom is 0.397 e. The minimum absolute atomic E-state index is 0.261. The fourth-order valence-corrected chi connectivity index (χ4v) is 7.96. The largest absolute Gasteiger partial charge is 0.397 e. The molecule has 7 atom stereocenters. The summed E-state index contributed by atoms with van der Waals surface area (Å²) >= 11 is 0. The molecule has 0 aliphatic carbocycles. The van der Waals surface area contributed by atoms with Gasteiger partial charge in [0.15, 0.2) is 6.29 Å². The van der Waals surface area contributed by atoms with Crippen LogP contribution in [0.3, 0.4) is 0 Å². The Balaban J connectivity index is 2.53. The van der Waals surface area contributed by atoms with E-state index in [9.17, 15) is 38.2 Å². The molecule has 0 aromatic rings. The predicted octanol–water partition coefficient (Wildman–Crippen LogP) is 8.77. The van der Waals surface area contributed by atoms with Gasteiger partial charge in [0.1, 0.15) is 24.4 Å². The van der Waals surface area contributed by atoms with E-state index in [-0.39, 0.29) is 18.9 Å². The summed E-state index contributed by atoms with van der Waals surface area (Å²) in [4.78, 5) is 13.0. The van der Waals surface area contributed by atoms with Gasteiger partial charge < -0.3 is 35.2 Å². The number of nitrogens with one attached hydrogen (secondary N) is 1. The summed E-state index contributed by atoms with van der Waals surface area (Å²) in [5, 5.41) is 44.7. The first-order valence-corrected chi connectivity index (χ1v) is 24.4. The average molecular weight is 836 g/mol. The maximum atomic E-state index is 13.0. The molecule has 57 heavy (non-hydrogen) atoms. The lowest BCUT2D eigenvalue weighted by Crippen LogP contribution is -2.61. The van der Waals surface area contributed by atoms with Crippen LogP contribution in [0.15, 0.2) is 12.2 Å². The number of hydrogen-bond donors (Lipinski definition) is 6. The second kappa shape index (κ2) is 35.6. The Labute approximate surface area is 347 Å². The lowest BCUT2D eigenvalue weighted by Gasteiger charge is -2.41. The third-order valence-corrected chi connectivity index (χ3v) is 11.5. The zero-order valence-electron chi connectivity index (χ0n) is 35.9. The Hall–Kier alpha value is -1.16. The summed E-state index contributed by atoms with van der Waals surface area (Å²) in [6.45, 7) is 3.39. The zero-order chi connectivity index (χ0) is 42.0. The molecule has 0 spiro atoms.